The lowest BCUT2D eigenvalue weighted by Gasteiger charge is -2.20. The first kappa shape index (κ1) is 21.0. The van der Waals surface area contributed by atoms with E-state index in [1.165, 1.54) is 18.4 Å². The Balaban J connectivity index is 1.42. The van der Waals surface area contributed by atoms with Crippen molar-refractivity contribution in [3.05, 3.63) is 65.9 Å². The second kappa shape index (κ2) is 10.2. The summed E-state index contributed by atoms with van der Waals surface area (Å²) in [6.45, 7) is 1.25. The van der Waals surface area contributed by atoms with E-state index >= 15 is 0 Å². The molecule has 1 aliphatic rings. The van der Waals surface area contributed by atoms with E-state index in [1.54, 1.807) is 14.2 Å². The van der Waals surface area contributed by atoms with E-state index in [-0.39, 0.29) is 6.10 Å². The molecule has 4 rings (SSSR count). The normalized spacial score (nSPS) is 14.6. The van der Waals surface area contributed by atoms with Crippen molar-refractivity contribution in [2.45, 2.75) is 44.9 Å². The van der Waals surface area contributed by atoms with Crippen LogP contribution in [0.25, 0.3) is 10.9 Å². The molecule has 0 aliphatic heterocycles. The summed E-state index contributed by atoms with van der Waals surface area (Å²) in [6, 6.07) is 16.2. The number of pyridine rings is 1. The van der Waals surface area contributed by atoms with Crippen molar-refractivity contribution in [3.63, 3.8) is 0 Å². The first-order valence-corrected chi connectivity index (χ1v) is 10.9. The van der Waals surface area contributed by atoms with Crippen molar-refractivity contribution in [1.29, 1.82) is 0 Å². The lowest BCUT2D eigenvalue weighted by molar-refractivity contribution is 0.198. The average Bonchev–Trinajstić information content (AvgIpc) is 3.33. The van der Waals surface area contributed by atoms with Crippen molar-refractivity contribution in [3.8, 4) is 11.5 Å². The highest BCUT2D eigenvalue weighted by molar-refractivity contribution is 5.83. The standard InChI is InChI=1S/C25H30N4O2/c1-26-25(28-16-18-14-15-27-22-12-6-5-11-21(18)22)29-17-19-8-7-13-23(30-2)24(19)31-20-9-3-4-10-20/h5-8,11-15,20H,3-4,9-10,16-17H2,1-2H3,(H2,26,28,29). The van der Waals surface area contributed by atoms with Gasteiger partial charge in [0, 0.05) is 37.3 Å². The lowest BCUT2D eigenvalue weighted by Crippen LogP contribution is -2.36. The van der Waals surface area contributed by atoms with Crippen LogP contribution in [0.5, 0.6) is 11.5 Å². The van der Waals surface area contributed by atoms with E-state index in [9.17, 15) is 0 Å². The highest BCUT2D eigenvalue weighted by atomic mass is 16.5. The van der Waals surface area contributed by atoms with Crippen LogP contribution < -0.4 is 20.1 Å². The SMILES string of the molecule is CN=C(NCc1cccc(OC)c1OC1CCCC1)NCc1ccnc2ccccc12. The molecule has 6 heteroatoms. The number of methoxy groups -OCH3 is 1. The fraction of sp³-hybridized carbons (Fsp3) is 0.360. The molecule has 0 bridgehead atoms. The molecule has 31 heavy (non-hydrogen) atoms. The zero-order valence-corrected chi connectivity index (χ0v) is 18.2. The zero-order chi connectivity index (χ0) is 21.5. The molecule has 0 unspecified atom stereocenters. The van der Waals surface area contributed by atoms with Crippen molar-refractivity contribution in [2.24, 2.45) is 4.99 Å². The topological polar surface area (TPSA) is 67.8 Å². The molecule has 1 fully saturated rings. The second-order valence-electron chi connectivity index (χ2n) is 7.74. The van der Waals surface area contributed by atoms with Gasteiger partial charge in [-0.15, -0.1) is 0 Å². The molecule has 0 spiro atoms. The number of ether oxygens (including phenoxy) is 2. The fourth-order valence-electron chi connectivity index (χ4n) is 4.06. The van der Waals surface area contributed by atoms with Gasteiger partial charge in [-0.3, -0.25) is 9.98 Å². The van der Waals surface area contributed by atoms with Crippen LogP contribution in [0.3, 0.4) is 0 Å². The molecule has 0 atom stereocenters. The molecular formula is C25H30N4O2. The summed E-state index contributed by atoms with van der Waals surface area (Å²) < 4.78 is 11.9. The minimum absolute atomic E-state index is 0.271. The molecule has 3 aromatic rings. The first-order chi connectivity index (χ1) is 15.3. The molecule has 1 heterocycles. The van der Waals surface area contributed by atoms with E-state index in [1.807, 2.05) is 42.6 Å². The van der Waals surface area contributed by atoms with E-state index in [0.29, 0.717) is 13.1 Å². The van der Waals surface area contributed by atoms with Crippen molar-refractivity contribution in [2.75, 3.05) is 14.2 Å². The predicted molar refractivity (Wildman–Crippen MR) is 125 cm³/mol. The summed E-state index contributed by atoms with van der Waals surface area (Å²) in [6.07, 6.45) is 6.79. The number of fused-ring (bicyclic) bond motifs is 1. The number of benzene rings is 2. The lowest BCUT2D eigenvalue weighted by atomic mass is 10.1. The molecular weight excluding hydrogens is 388 g/mol. The van der Waals surface area contributed by atoms with Crippen LogP contribution in [0.2, 0.25) is 0 Å². The Kier molecular flexibility index (Phi) is 6.87. The largest absolute Gasteiger partial charge is 0.493 e. The molecule has 1 aromatic heterocycles. The number of aromatic nitrogens is 1. The third kappa shape index (κ3) is 5.08. The molecule has 1 aliphatic carbocycles. The highest BCUT2D eigenvalue weighted by Crippen LogP contribution is 2.34. The molecule has 0 radical (unpaired) electrons. The summed E-state index contributed by atoms with van der Waals surface area (Å²) in [4.78, 5) is 8.81. The summed E-state index contributed by atoms with van der Waals surface area (Å²) in [5.74, 6) is 2.34. The first-order valence-electron chi connectivity index (χ1n) is 10.9. The average molecular weight is 419 g/mol. The van der Waals surface area contributed by atoms with Gasteiger partial charge in [0.2, 0.25) is 0 Å². The van der Waals surface area contributed by atoms with Crippen LogP contribution in [-0.4, -0.2) is 31.2 Å². The van der Waals surface area contributed by atoms with E-state index < -0.39 is 0 Å². The maximum Gasteiger partial charge on any atom is 0.191 e. The number of nitrogens with one attached hydrogen (secondary N) is 2. The molecule has 0 saturated heterocycles. The minimum Gasteiger partial charge on any atom is -0.493 e. The highest BCUT2D eigenvalue weighted by Gasteiger charge is 2.20. The maximum atomic E-state index is 6.34. The Labute approximate surface area is 183 Å². The van der Waals surface area contributed by atoms with Crippen LogP contribution in [0.1, 0.15) is 36.8 Å². The molecule has 162 valence electrons. The zero-order valence-electron chi connectivity index (χ0n) is 18.2. The van der Waals surface area contributed by atoms with Gasteiger partial charge in [-0.05, 0) is 49.4 Å². The Morgan fingerprint density at radius 3 is 2.55 bits per heavy atom. The van der Waals surface area contributed by atoms with Crippen LogP contribution >= 0.6 is 0 Å². The van der Waals surface area contributed by atoms with Gasteiger partial charge >= 0.3 is 0 Å². The summed E-state index contributed by atoms with van der Waals surface area (Å²) in [5.41, 5.74) is 3.23. The maximum absolute atomic E-state index is 6.34. The van der Waals surface area contributed by atoms with Crippen LogP contribution in [-0.2, 0) is 13.1 Å². The number of rotatable bonds is 7. The third-order valence-corrected chi connectivity index (χ3v) is 5.72. The van der Waals surface area contributed by atoms with Gasteiger partial charge in [0.25, 0.3) is 0 Å². The van der Waals surface area contributed by atoms with Crippen molar-refractivity contribution in [1.82, 2.24) is 15.6 Å². The Morgan fingerprint density at radius 2 is 1.77 bits per heavy atom. The Hall–Kier alpha value is -3.28. The number of guanidine groups is 1. The van der Waals surface area contributed by atoms with E-state index in [2.05, 4.69) is 32.7 Å². The van der Waals surface area contributed by atoms with Crippen LogP contribution in [0.15, 0.2) is 59.7 Å². The van der Waals surface area contributed by atoms with Gasteiger partial charge < -0.3 is 20.1 Å². The van der Waals surface area contributed by atoms with Gasteiger partial charge in [0.15, 0.2) is 17.5 Å². The van der Waals surface area contributed by atoms with E-state index in [0.717, 1.165) is 46.8 Å². The number of para-hydroxylation sites is 2. The third-order valence-electron chi connectivity index (χ3n) is 5.72. The van der Waals surface area contributed by atoms with Crippen molar-refractivity contribution < 1.29 is 9.47 Å². The number of hydrogen-bond donors (Lipinski definition) is 2. The van der Waals surface area contributed by atoms with Gasteiger partial charge in [-0.2, -0.15) is 0 Å². The number of hydrogen-bond acceptors (Lipinski definition) is 4. The molecule has 2 aromatic carbocycles. The second-order valence-corrected chi connectivity index (χ2v) is 7.74. The smallest absolute Gasteiger partial charge is 0.191 e. The molecule has 0 amide bonds. The summed E-state index contributed by atoms with van der Waals surface area (Å²) in [7, 11) is 3.47. The monoisotopic (exact) mass is 418 g/mol. The molecule has 2 N–H and O–H groups in total. The molecule has 6 nitrogen and oxygen atoms in total. The quantitative estimate of drug-likeness (QED) is 0.439. The van der Waals surface area contributed by atoms with Gasteiger partial charge in [-0.25, -0.2) is 0 Å². The Bertz CT molecular complexity index is 1040. The van der Waals surface area contributed by atoms with Gasteiger partial charge in [0.05, 0.1) is 18.7 Å². The van der Waals surface area contributed by atoms with E-state index in [4.69, 9.17) is 9.47 Å². The summed E-state index contributed by atoms with van der Waals surface area (Å²) >= 11 is 0. The summed E-state index contributed by atoms with van der Waals surface area (Å²) in [5, 5.41) is 7.96. The number of aliphatic imine (C=N–C) groups is 1. The fourth-order valence-corrected chi connectivity index (χ4v) is 4.06. The van der Waals surface area contributed by atoms with Gasteiger partial charge in [-0.1, -0.05) is 30.3 Å². The predicted octanol–water partition coefficient (Wildman–Crippen LogP) is 4.43. The minimum atomic E-state index is 0.271. The van der Waals surface area contributed by atoms with Crippen LogP contribution in [0.4, 0.5) is 0 Å². The number of nitrogens with zero attached hydrogens (tertiary/aromatic N) is 2. The van der Waals surface area contributed by atoms with Crippen molar-refractivity contribution >= 4 is 16.9 Å². The van der Waals surface area contributed by atoms with Gasteiger partial charge in [0.1, 0.15) is 0 Å². The molecule has 1 saturated carbocycles. The van der Waals surface area contributed by atoms with Crippen LogP contribution in [0, 0.1) is 0 Å². The Morgan fingerprint density at radius 1 is 1.00 bits per heavy atom.